The number of hydrogen-bond donors (Lipinski definition) is 1. The van der Waals surface area contributed by atoms with Crippen LogP contribution in [0.2, 0.25) is 0 Å². The van der Waals surface area contributed by atoms with Crippen molar-refractivity contribution in [1.29, 1.82) is 5.26 Å². The van der Waals surface area contributed by atoms with Gasteiger partial charge in [0, 0.05) is 25.3 Å². The summed E-state index contributed by atoms with van der Waals surface area (Å²) in [6.07, 6.45) is 0. The predicted octanol–water partition coefficient (Wildman–Crippen LogP) is 3.02. The molecule has 1 unspecified atom stereocenters. The maximum absolute atomic E-state index is 9.40. The van der Waals surface area contributed by atoms with Crippen LogP contribution in [0.25, 0.3) is 0 Å². The lowest BCUT2D eigenvalue weighted by Crippen LogP contribution is -2.52. The normalized spacial score (nSPS) is 14.0. The Kier molecular flexibility index (Phi) is 4.97. The van der Waals surface area contributed by atoms with E-state index >= 15 is 0 Å². The van der Waals surface area contributed by atoms with Crippen LogP contribution in [0, 0.1) is 25.2 Å². The summed E-state index contributed by atoms with van der Waals surface area (Å²) in [6.45, 7) is 10.9. The van der Waals surface area contributed by atoms with Gasteiger partial charge >= 0.3 is 0 Å². The lowest BCUT2D eigenvalue weighted by Gasteiger charge is -2.32. The quantitative estimate of drug-likeness (QED) is 0.883. The number of aryl methyl sites for hydroxylation is 2. The molecule has 0 radical (unpaired) electrons. The Morgan fingerprint density at radius 1 is 1.26 bits per heavy atom. The molecule has 0 saturated heterocycles. The number of nitrogens with one attached hydrogen (secondary N) is 1. The van der Waals surface area contributed by atoms with E-state index < -0.39 is 5.54 Å². The van der Waals surface area contributed by atoms with Gasteiger partial charge in [0.05, 0.1) is 6.07 Å². The highest BCUT2D eigenvalue weighted by Gasteiger charge is 2.26. The zero-order chi connectivity index (χ0) is 14.6. The van der Waals surface area contributed by atoms with Crippen LogP contribution in [0.1, 0.15) is 31.9 Å². The fourth-order valence-corrected chi connectivity index (χ4v) is 2.49. The zero-order valence-electron chi connectivity index (χ0n) is 12.9. The number of anilines is 1. The Morgan fingerprint density at radius 3 is 2.21 bits per heavy atom. The first-order chi connectivity index (χ1) is 8.75. The van der Waals surface area contributed by atoms with Crippen LogP contribution >= 0.6 is 0 Å². The van der Waals surface area contributed by atoms with Gasteiger partial charge in [-0.15, -0.1) is 0 Å². The van der Waals surface area contributed by atoms with Crippen molar-refractivity contribution in [3.63, 3.8) is 0 Å². The zero-order valence-corrected chi connectivity index (χ0v) is 12.9. The van der Waals surface area contributed by atoms with Crippen molar-refractivity contribution < 1.29 is 0 Å². The van der Waals surface area contributed by atoms with Crippen molar-refractivity contribution in [3.8, 4) is 6.07 Å². The molecule has 1 rings (SSSR count). The van der Waals surface area contributed by atoms with E-state index in [1.54, 1.807) is 0 Å². The van der Waals surface area contributed by atoms with Crippen LogP contribution in [0.5, 0.6) is 0 Å². The number of rotatable bonds is 5. The third kappa shape index (κ3) is 4.57. The minimum Gasteiger partial charge on any atom is -0.372 e. The number of benzene rings is 1. The maximum atomic E-state index is 9.40. The first-order valence-corrected chi connectivity index (χ1v) is 6.74. The summed E-state index contributed by atoms with van der Waals surface area (Å²) in [5.41, 5.74) is 3.11. The average Bonchev–Trinajstić information content (AvgIpc) is 2.26. The molecular weight excluding hydrogens is 234 g/mol. The summed E-state index contributed by atoms with van der Waals surface area (Å²) in [4.78, 5) is 2.14. The fourth-order valence-electron chi connectivity index (χ4n) is 2.49. The van der Waals surface area contributed by atoms with Gasteiger partial charge in [0.1, 0.15) is 5.54 Å². The van der Waals surface area contributed by atoms with Crippen molar-refractivity contribution in [3.05, 3.63) is 29.3 Å². The Labute approximate surface area is 117 Å². The molecule has 1 N–H and O–H groups in total. The molecule has 104 valence electrons. The molecule has 0 saturated carbocycles. The van der Waals surface area contributed by atoms with Gasteiger partial charge in [-0.25, -0.2) is 0 Å². The molecule has 19 heavy (non-hydrogen) atoms. The molecule has 0 aliphatic carbocycles. The van der Waals surface area contributed by atoms with E-state index in [1.165, 1.54) is 11.1 Å². The van der Waals surface area contributed by atoms with Gasteiger partial charge in [0.25, 0.3) is 0 Å². The summed E-state index contributed by atoms with van der Waals surface area (Å²) in [7, 11) is 2.03. The molecule has 3 heteroatoms. The number of nitrogens with zero attached hydrogens (tertiary/aromatic N) is 2. The smallest absolute Gasteiger partial charge is 0.121 e. The van der Waals surface area contributed by atoms with Crippen LogP contribution in [-0.4, -0.2) is 25.2 Å². The molecule has 1 aromatic carbocycles. The van der Waals surface area contributed by atoms with Crippen LogP contribution in [0.3, 0.4) is 0 Å². The highest BCUT2D eigenvalue weighted by molar-refractivity contribution is 5.51. The number of hydrogen-bond acceptors (Lipinski definition) is 3. The summed E-state index contributed by atoms with van der Waals surface area (Å²) in [5, 5.41) is 12.7. The van der Waals surface area contributed by atoms with Crippen LogP contribution in [0.15, 0.2) is 18.2 Å². The van der Waals surface area contributed by atoms with Crippen molar-refractivity contribution >= 4 is 5.69 Å². The Bertz CT molecular complexity index is 453. The van der Waals surface area contributed by atoms with E-state index in [1.807, 2.05) is 14.0 Å². The van der Waals surface area contributed by atoms with Crippen molar-refractivity contribution in [1.82, 2.24) is 5.32 Å². The summed E-state index contributed by atoms with van der Waals surface area (Å²) in [6, 6.07) is 9.14. The molecule has 0 spiro atoms. The molecule has 0 aliphatic rings. The summed E-state index contributed by atoms with van der Waals surface area (Å²) in [5.74, 6) is 0. The molecular formula is C16H25N3. The maximum Gasteiger partial charge on any atom is 0.121 e. The molecule has 0 fully saturated rings. The second-order valence-electron chi connectivity index (χ2n) is 5.94. The Hall–Kier alpha value is -1.53. The van der Waals surface area contributed by atoms with Crippen molar-refractivity contribution in [2.45, 2.75) is 46.2 Å². The molecule has 0 aliphatic heterocycles. The highest BCUT2D eigenvalue weighted by Crippen LogP contribution is 2.19. The number of likely N-dealkylation sites (N-methyl/N-ethyl adjacent to an activating group) is 1. The fraction of sp³-hybridized carbons (Fsp3) is 0.562. The van der Waals surface area contributed by atoms with E-state index in [9.17, 15) is 5.26 Å². The molecule has 0 amide bonds. The van der Waals surface area contributed by atoms with Crippen molar-refractivity contribution in [2.24, 2.45) is 0 Å². The molecule has 0 aromatic heterocycles. The van der Waals surface area contributed by atoms with Crippen molar-refractivity contribution in [2.75, 3.05) is 18.5 Å². The second-order valence-corrected chi connectivity index (χ2v) is 5.94. The van der Waals surface area contributed by atoms with E-state index in [0.29, 0.717) is 6.54 Å². The Balaban J connectivity index is 2.88. The molecule has 1 atom stereocenters. The molecule has 1 aromatic rings. The third-order valence-electron chi connectivity index (χ3n) is 3.05. The standard InChI is InChI=1S/C16H25N3/c1-12(2)18-16(5,10-17)11-19(6)15-8-13(3)7-14(4)9-15/h7-9,12,18H,11H2,1-6H3. The lowest BCUT2D eigenvalue weighted by atomic mass is 10.0. The monoisotopic (exact) mass is 259 g/mol. The van der Waals surface area contributed by atoms with Gasteiger partial charge in [0.15, 0.2) is 0 Å². The average molecular weight is 259 g/mol. The molecule has 0 bridgehead atoms. The van der Waals surface area contributed by atoms with Gasteiger partial charge in [0.2, 0.25) is 0 Å². The van der Waals surface area contributed by atoms with E-state index in [0.717, 1.165) is 5.69 Å². The minimum atomic E-state index is -0.541. The molecule has 3 nitrogen and oxygen atoms in total. The van der Waals surface area contributed by atoms with Gasteiger partial charge in [-0.1, -0.05) is 6.07 Å². The number of nitriles is 1. The second kappa shape index (κ2) is 6.08. The van der Waals surface area contributed by atoms with E-state index in [2.05, 4.69) is 62.2 Å². The van der Waals surface area contributed by atoms with Crippen LogP contribution in [-0.2, 0) is 0 Å². The van der Waals surface area contributed by atoms with Gasteiger partial charge in [-0.3, -0.25) is 5.32 Å². The van der Waals surface area contributed by atoms with Gasteiger partial charge in [-0.05, 0) is 57.9 Å². The summed E-state index contributed by atoms with van der Waals surface area (Å²) >= 11 is 0. The third-order valence-corrected chi connectivity index (χ3v) is 3.05. The topological polar surface area (TPSA) is 39.1 Å². The first kappa shape index (κ1) is 15.5. The van der Waals surface area contributed by atoms with Crippen LogP contribution in [0.4, 0.5) is 5.69 Å². The highest BCUT2D eigenvalue weighted by atomic mass is 15.2. The molecule has 0 heterocycles. The minimum absolute atomic E-state index is 0.289. The predicted molar refractivity (Wildman–Crippen MR) is 81.5 cm³/mol. The van der Waals surface area contributed by atoms with E-state index in [4.69, 9.17) is 0 Å². The lowest BCUT2D eigenvalue weighted by molar-refractivity contribution is 0.408. The van der Waals surface area contributed by atoms with Gasteiger partial charge in [-0.2, -0.15) is 5.26 Å². The van der Waals surface area contributed by atoms with Crippen LogP contribution < -0.4 is 10.2 Å². The Morgan fingerprint density at radius 2 is 1.79 bits per heavy atom. The van der Waals surface area contributed by atoms with Gasteiger partial charge < -0.3 is 4.90 Å². The SMILES string of the molecule is Cc1cc(C)cc(N(C)CC(C)(C#N)NC(C)C)c1. The van der Waals surface area contributed by atoms with E-state index in [-0.39, 0.29) is 6.04 Å². The first-order valence-electron chi connectivity index (χ1n) is 6.74. The summed E-state index contributed by atoms with van der Waals surface area (Å²) < 4.78 is 0. The largest absolute Gasteiger partial charge is 0.372 e.